The fourth-order valence-corrected chi connectivity index (χ4v) is 1.53. The second-order valence-electron chi connectivity index (χ2n) is 4.83. The van der Waals surface area contributed by atoms with E-state index in [1.54, 1.807) is 0 Å². The third-order valence-corrected chi connectivity index (χ3v) is 3.22. The molecular weight excluding hydrogens is 192 g/mol. The van der Waals surface area contributed by atoms with Crippen molar-refractivity contribution in [2.24, 2.45) is 11.7 Å². The number of carbonyl (C=O) groups excluding carboxylic acids is 1. The van der Waals surface area contributed by atoms with Gasteiger partial charge in [-0.3, -0.25) is 4.79 Å². The first-order chi connectivity index (χ1) is 7.00. The molecule has 4 N–H and O–H groups in total. The first-order valence-corrected chi connectivity index (χ1v) is 5.68. The van der Waals surface area contributed by atoms with E-state index in [2.05, 4.69) is 5.32 Å². The summed E-state index contributed by atoms with van der Waals surface area (Å²) in [6.45, 7) is 3.75. The number of hydrogen-bond donors (Lipinski definition) is 3. The largest absolute Gasteiger partial charge is 0.394 e. The molecule has 88 valence electrons. The highest BCUT2D eigenvalue weighted by Crippen LogP contribution is 2.32. The van der Waals surface area contributed by atoms with Gasteiger partial charge in [-0.2, -0.15) is 0 Å². The van der Waals surface area contributed by atoms with Gasteiger partial charge in [0.2, 0.25) is 5.91 Å². The molecule has 4 heteroatoms. The Labute approximate surface area is 91.2 Å². The van der Waals surface area contributed by atoms with Crippen LogP contribution in [0.4, 0.5) is 0 Å². The van der Waals surface area contributed by atoms with Crippen LogP contribution in [-0.2, 0) is 4.79 Å². The number of amides is 1. The van der Waals surface area contributed by atoms with Crippen molar-refractivity contribution >= 4 is 5.91 Å². The van der Waals surface area contributed by atoms with E-state index >= 15 is 0 Å². The molecule has 1 rings (SSSR count). The van der Waals surface area contributed by atoms with E-state index in [4.69, 9.17) is 10.8 Å². The van der Waals surface area contributed by atoms with Crippen LogP contribution < -0.4 is 11.1 Å². The van der Waals surface area contributed by atoms with Crippen LogP contribution in [0.1, 0.15) is 39.5 Å². The molecule has 1 aliphatic carbocycles. The zero-order valence-electron chi connectivity index (χ0n) is 9.62. The zero-order chi connectivity index (χ0) is 11.5. The monoisotopic (exact) mass is 214 g/mol. The summed E-state index contributed by atoms with van der Waals surface area (Å²) in [7, 11) is 0. The Kier molecular flexibility index (Phi) is 4.11. The zero-order valence-corrected chi connectivity index (χ0v) is 9.62. The van der Waals surface area contributed by atoms with Crippen LogP contribution >= 0.6 is 0 Å². The molecule has 1 saturated carbocycles. The SMILES string of the molecule is CCC(C)(CO)NC(=O)CC(N)C1CC1. The number of nitrogens with one attached hydrogen (secondary N) is 1. The molecule has 1 amide bonds. The highest BCUT2D eigenvalue weighted by Gasteiger charge is 2.31. The van der Waals surface area contributed by atoms with E-state index in [9.17, 15) is 4.79 Å². The van der Waals surface area contributed by atoms with E-state index in [0.29, 0.717) is 18.8 Å². The molecule has 0 radical (unpaired) electrons. The number of rotatable bonds is 6. The summed E-state index contributed by atoms with van der Waals surface area (Å²) in [5.41, 5.74) is 5.36. The molecule has 0 saturated heterocycles. The first-order valence-electron chi connectivity index (χ1n) is 5.68. The summed E-state index contributed by atoms with van der Waals surface area (Å²) in [5, 5.41) is 12.0. The lowest BCUT2D eigenvalue weighted by Crippen LogP contribution is -2.49. The van der Waals surface area contributed by atoms with Gasteiger partial charge in [-0.05, 0) is 32.1 Å². The summed E-state index contributed by atoms with van der Waals surface area (Å²) in [6.07, 6.45) is 3.40. The van der Waals surface area contributed by atoms with Crippen molar-refractivity contribution in [2.75, 3.05) is 6.61 Å². The van der Waals surface area contributed by atoms with E-state index in [1.807, 2.05) is 13.8 Å². The van der Waals surface area contributed by atoms with Crippen molar-refractivity contribution in [2.45, 2.75) is 51.1 Å². The van der Waals surface area contributed by atoms with Crippen LogP contribution in [0.5, 0.6) is 0 Å². The average molecular weight is 214 g/mol. The maximum atomic E-state index is 11.6. The molecular formula is C11H22N2O2. The molecule has 0 bridgehead atoms. The summed E-state index contributed by atoms with van der Waals surface area (Å²) in [6, 6.07) is -0.00945. The van der Waals surface area contributed by atoms with Crippen molar-refractivity contribution in [1.29, 1.82) is 0 Å². The number of carbonyl (C=O) groups is 1. The molecule has 15 heavy (non-hydrogen) atoms. The number of aliphatic hydroxyl groups is 1. The first kappa shape index (κ1) is 12.5. The third kappa shape index (κ3) is 3.80. The van der Waals surface area contributed by atoms with Gasteiger partial charge in [0.25, 0.3) is 0 Å². The molecule has 2 unspecified atom stereocenters. The molecule has 0 aromatic heterocycles. The molecule has 0 aromatic rings. The van der Waals surface area contributed by atoms with Gasteiger partial charge in [-0.15, -0.1) is 0 Å². The predicted molar refractivity (Wildman–Crippen MR) is 59.2 cm³/mol. The summed E-state index contributed by atoms with van der Waals surface area (Å²) < 4.78 is 0. The highest BCUT2D eigenvalue weighted by atomic mass is 16.3. The smallest absolute Gasteiger partial charge is 0.222 e. The third-order valence-electron chi connectivity index (χ3n) is 3.22. The van der Waals surface area contributed by atoms with Crippen LogP contribution in [0.15, 0.2) is 0 Å². The normalized spacial score (nSPS) is 21.9. The Hall–Kier alpha value is -0.610. The van der Waals surface area contributed by atoms with Crippen molar-refractivity contribution in [3.8, 4) is 0 Å². The average Bonchev–Trinajstić information content (AvgIpc) is 3.00. The second-order valence-corrected chi connectivity index (χ2v) is 4.83. The Bertz CT molecular complexity index is 223. The van der Waals surface area contributed by atoms with Gasteiger partial charge in [0.1, 0.15) is 0 Å². The lowest BCUT2D eigenvalue weighted by atomic mass is 9.99. The maximum absolute atomic E-state index is 11.6. The van der Waals surface area contributed by atoms with Crippen molar-refractivity contribution in [1.82, 2.24) is 5.32 Å². The minimum absolute atomic E-state index is 0.00945. The summed E-state index contributed by atoms with van der Waals surface area (Å²) in [5.74, 6) is 0.491. The van der Waals surface area contributed by atoms with E-state index in [1.165, 1.54) is 0 Å². The number of nitrogens with two attached hydrogens (primary N) is 1. The number of aliphatic hydroxyl groups excluding tert-OH is 1. The van der Waals surface area contributed by atoms with Crippen molar-refractivity contribution in [3.63, 3.8) is 0 Å². The van der Waals surface area contributed by atoms with Gasteiger partial charge in [0.05, 0.1) is 12.1 Å². The lowest BCUT2D eigenvalue weighted by Gasteiger charge is -2.27. The fraction of sp³-hybridized carbons (Fsp3) is 0.909. The van der Waals surface area contributed by atoms with Gasteiger partial charge in [0, 0.05) is 12.5 Å². The Morgan fingerprint density at radius 2 is 2.27 bits per heavy atom. The molecule has 1 aliphatic rings. The minimum atomic E-state index is -0.500. The van der Waals surface area contributed by atoms with Crippen molar-refractivity contribution < 1.29 is 9.90 Å². The van der Waals surface area contributed by atoms with Crippen molar-refractivity contribution in [3.05, 3.63) is 0 Å². The van der Waals surface area contributed by atoms with Crippen LogP contribution in [0.3, 0.4) is 0 Å². The van der Waals surface area contributed by atoms with E-state index in [-0.39, 0.29) is 18.6 Å². The van der Waals surface area contributed by atoms with Crippen LogP contribution in [0, 0.1) is 5.92 Å². The van der Waals surface area contributed by atoms with Crippen LogP contribution in [-0.4, -0.2) is 29.2 Å². The second kappa shape index (κ2) is 4.94. The predicted octanol–water partition coefficient (Wildman–Crippen LogP) is 0.391. The maximum Gasteiger partial charge on any atom is 0.222 e. The molecule has 0 aromatic carbocycles. The Morgan fingerprint density at radius 1 is 1.67 bits per heavy atom. The fourth-order valence-electron chi connectivity index (χ4n) is 1.53. The van der Waals surface area contributed by atoms with Crippen LogP contribution in [0.25, 0.3) is 0 Å². The molecule has 0 aliphatic heterocycles. The lowest BCUT2D eigenvalue weighted by molar-refractivity contribution is -0.123. The highest BCUT2D eigenvalue weighted by molar-refractivity contribution is 5.77. The Balaban J connectivity index is 2.33. The van der Waals surface area contributed by atoms with Gasteiger partial charge in [0.15, 0.2) is 0 Å². The van der Waals surface area contributed by atoms with E-state index < -0.39 is 5.54 Å². The minimum Gasteiger partial charge on any atom is -0.394 e. The summed E-state index contributed by atoms with van der Waals surface area (Å²) in [4.78, 5) is 11.6. The Morgan fingerprint density at radius 3 is 2.67 bits per heavy atom. The molecule has 2 atom stereocenters. The molecule has 1 fully saturated rings. The van der Waals surface area contributed by atoms with Gasteiger partial charge in [-0.1, -0.05) is 6.92 Å². The van der Waals surface area contributed by atoms with Gasteiger partial charge >= 0.3 is 0 Å². The quantitative estimate of drug-likeness (QED) is 0.599. The van der Waals surface area contributed by atoms with Gasteiger partial charge in [-0.25, -0.2) is 0 Å². The van der Waals surface area contributed by atoms with Crippen LogP contribution in [0.2, 0.25) is 0 Å². The van der Waals surface area contributed by atoms with Gasteiger partial charge < -0.3 is 16.2 Å². The molecule has 4 nitrogen and oxygen atoms in total. The van der Waals surface area contributed by atoms with E-state index in [0.717, 1.165) is 12.8 Å². The molecule has 0 spiro atoms. The topological polar surface area (TPSA) is 75.3 Å². The number of hydrogen-bond acceptors (Lipinski definition) is 3. The standard InChI is InChI=1S/C11H22N2O2/c1-3-11(2,7-14)13-10(15)6-9(12)8-4-5-8/h8-9,14H,3-7,12H2,1-2H3,(H,13,15). The molecule has 0 heterocycles. The summed E-state index contributed by atoms with van der Waals surface area (Å²) >= 11 is 0.